The van der Waals surface area contributed by atoms with E-state index in [2.05, 4.69) is 9.80 Å². The molecular weight excluding hydrogens is 532 g/mol. The molecule has 0 radical (unpaired) electrons. The van der Waals surface area contributed by atoms with E-state index in [9.17, 15) is 19.8 Å². The van der Waals surface area contributed by atoms with Crippen LogP contribution < -0.4 is 0 Å². The van der Waals surface area contributed by atoms with E-state index >= 15 is 0 Å². The van der Waals surface area contributed by atoms with Crippen molar-refractivity contribution >= 4 is 11.9 Å². The van der Waals surface area contributed by atoms with Gasteiger partial charge in [0.1, 0.15) is 11.5 Å². The SMILES string of the molecule is O=C(OCC1CCN2CCCC12)C1C(c2ccc(O)cc2)C(C(=O)OCC2CCN3CCCC23)C1c1ccc(O)cc1. The summed E-state index contributed by atoms with van der Waals surface area (Å²) >= 11 is 0. The van der Waals surface area contributed by atoms with Gasteiger partial charge in [-0.3, -0.25) is 19.4 Å². The lowest BCUT2D eigenvalue weighted by Gasteiger charge is -2.49. The van der Waals surface area contributed by atoms with Crippen molar-refractivity contribution in [3.05, 3.63) is 59.7 Å². The van der Waals surface area contributed by atoms with E-state index in [0.29, 0.717) is 37.1 Å². The van der Waals surface area contributed by atoms with Gasteiger partial charge in [-0.25, -0.2) is 0 Å². The smallest absolute Gasteiger partial charge is 0.310 e. The van der Waals surface area contributed by atoms with E-state index in [0.717, 1.165) is 63.0 Å². The van der Waals surface area contributed by atoms with Gasteiger partial charge in [0, 0.05) is 35.8 Å². The van der Waals surface area contributed by atoms with Crippen molar-refractivity contribution in [3.63, 3.8) is 0 Å². The Bertz CT molecular complexity index is 1170. The standard InChI is InChI=1S/C34H42N2O6/c37-25-9-5-21(6-10-25)29-31(33(39)41-19-23-13-17-35-15-1-3-27(23)35)30(22-7-11-26(38)12-8-22)32(29)34(40)42-20-24-14-18-36-16-2-4-28(24)36/h5-12,23-24,27-32,37-38H,1-4,13-20H2. The number of esters is 2. The summed E-state index contributed by atoms with van der Waals surface area (Å²) in [6, 6.07) is 14.6. The van der Waals surface area contributed by atoms with E-state index in [1.54, 1.807) is 48.5 Å². The zero-order valence-electron chi connectivity index (χ0n) is 24.1. The van der Waals surface area contributed by atoms with E-state index < -0.39 is 23.7 Å². The molecule has 5 fully saturated rings. The van der Waals surface area contributed by atoms with Crippen molar-refractivity contribution in [3.8, 4) is 11.5 Å². The summed E-state index contributed by atoms with van der Waals surface area (Å²) in [6.07, 6.45) is 6.80. The second kappa shape index (κ2) is 11.5. The summed E-state index contributed by atoms with van der Waals surface area (Å²) in [5.74, 6) is -1.62. The molecule has 224 valence electrons. The molecule has 2 aromatic rings. The molecular formula is C34H42N2O6. The second-order valence-corrected chi connectivity index (χ2v) is 13.1. The highest BCUT2D eigenvalue weighted by Crippen LogP contribution is 2.59. The van der Waals surface area contributed by atoms with Crippen LogP contribution >= 0.6 is 0 Å². The maximum atomic E-state index is 13.9. The fourth-order valence-corrected chi connectivity index (χ4v) is 8.89. The normalized spacial score (nSPS) is 34.1. The average molecular weight is 575 g/mol. The zero-order chi connectivity index (χ0) is 28.8. The number of hydrogen-bond donors (Lipinski definition) is 2. The largest absolute Gasteiger partial charge is 0.508 e. The molecule has 4 atom stereocenters. The molecule has 8 heteroatoms. The van der Waals surface area contributed by atoms with Crippen LogP contribution in [-0.4, -0.2) is 83.4 Å². The number of aromatic hydroxyl groups is 2. The van der Waals surface area contributed by atoms with E-state index in [-0.39, 0.29) is 23.4 Å². The maximum absolute atomic E-state index is 13.9. The zero-order valence-corrected chi connectivity index (χ0v) is 24.1. The first-order valence-corrected chi connectivity index (χ1v) is 15.9. The van der Waals surface area contributed by atoms with Gasteiger partial charge in [0.25, 0.3) is 0 Å². The molecule has 2 N–H and O–H groups in total. The molecule has 0 aromatic heterocycles. The lowest BCUT2D eigenvalue weighted by molar-refractivity contribution is -0.169. The number of ether oxygens (including phenoxy) is 2. The molecule has 7 rings (SSSR count). The number of phenolic OH excluding ortho intramolecular Hbond substituents is 2. The fourth-order valence-electron chi connectivity index (χ4n) is 8.89. The number of carbonyl (C=O) groups excluding carboxylic acids is 2. The first kappa shape index (κ1) is 27.7. The molecule has 4 heterocycles. The third-order valence-electron chi connectivity index (χ3n) is 11.0. The lowest BCUT2D eigenvalue weighted by atomic mass is 9.52. The van der Waals surface area contributed by atoms with Gasteiger partial charge in [0.05, 0.1) is 25.0 Å². The predicted octanol–water partition coefficient (Wildman–Crippen LogP) is 4.27. The van der Waals surface area contributed by atoms with Gasteiger partial charge >= 0.3 is 11.9 Å². The minimum absolute atomic E-state index is 0.135. The van der Waals surface area contributed by atoms with Crippen molar-refractivity contribution < 1.29 is 29.3 Å². The highest BCUT2D eigenvalue weighted by molar-refractivity contribution is 5.85. The molecule has 4 saturated heterocycles. The number of nitrogens with zero attached hydrogens (tertiary/aromatic N) is 2. The average Bonchev–Trinajstić information content (AvgIpc) is 3.76. The summed E-state index contributed by atoms with van der Waals surface area (Å²) < 4.78 is 12.2. The van der Waals surface area contributed by atoms with E-state index in [1.165, 1.54) is 12.8 Å². The first-order chi connectivity index (χ1) is 20.5. The molecule has 4 aliphatic heterocycles. The molecule has 0 spiro atoms. The molecule has 4 unspecified atom stereocenters. The van der Waals surface area contributed by atoms with Crippen LogP contribution in [0.4, 0.5) is 0 Å². The fraction of sp³-hybridized carbons (Fsp3) is 0.588. The summed E-state index contributed by atoms with van der Waals surface area (Å²) in [5.41, 5.74) is 1.63. The van der Waals surface area contributed by atoms with Crippen LogP contribution in [0.3, 0.4) is 0 Å². The summed E-state index contributed by atoms with van der Waals surface area (Å²) in [4.78, 5) is 32.9. The van der Waals surface area contributed by atoms with Crippen molar-refractivity contribution in [1.29, 1.82) is 0 Å². The Balaban J connectivity index is 1.14. The highest BCUT2D eigenvalue weighted by atomic mass is 16.5. The van der Waals surface area contributed by atoms with Crippen LogP contribution in [0.25, 0.3) is 0 Å². The Labute approximate surface area is 247 Å². The Hall–Kier alpha value is -3.10. The summed E-state index contributed by atoms with van der Waals surface area (Å²) in [6.45, 7) is 5.19. The van der Waals surface area contributed by atoms with Crippen LogP contribution in [0.5, 0.6) is 11.5 Å². The van der Waals surface area contributed by atoms with Crippen molar-refractivity contribution in [2.45, 2.75) is 62.4 Å². The monoisotopic (exact) mass is 574 g/mol. The molecule has 0 amide bonds. The maximum Gasteiger partial charge on any atom is 0.310 e. The highest BCUT2D eigenvalue weighted by Gasteiger charge is 2.60. The van der Waals surface area contributed by atoms with Gasteiger partial charge in [0.2, 0.25) is 0 Å². The van der Waals surface area contributed by atoms with Crippen LogP contribution in [0.15, 0.2) is 48.5 Å². The minimum Gasteiger partial charge on any atom is -0.508 e. The van der Waals surface area contributed by atoms with Crippen molar-refractivity contribution in [2.75, 3.05) is 39.4 Å². The number of benzene rings is 2. The Morgan fingerprint density at radius 3 is 1.43 bits per heavy atom. The molecule has 1 aliphatic carbocycles. The van der Waals surface area contributed by atoms with E-state index in [4.69, 9.17) is 9.47 Å². The number of fused-ring (bicyclic) bond motifs is 2. The van der Waals surface area contributed by atoms with Gasteiger partial charge in [0.15, 0.2) is 0 Å². The number of rotatable bonds is 8. The molecule has 0 bridgehead atoms. The summed E-state index contributed by atoms with van der Waals surface area (Å²) in [7, 11) is 0. The van der Waals surface area contributed by atoms with Gasteiger partial charge in [-0.05, 0) is 100 Å². The molecule has 42 heavy (non-hydrogen) atoms. The third-order valence-corrected chi connectivity index (χ3v) is 11.0. The predicted molar refractivity (Wildman–Crippen MR) is 156 cm³/mol. The van der Waals surface area contributed by atoms with Gasteiger partial charge in [-0.2, -0.15) is 0 Å². The quantitative estimate of drug-likeness (QED) is 0.451. The van der Waals surface area contributed by atoms with Crippen LogP contribution in [0, 0.1) is 23.7 Å². The number of phenols is 2. The molecule has 5 aliphatic rings. The van der Waals surface area contributed by atoms with Gasteiger partial charge in [-0.1, -0.05) is 24.3 Å². The van der Waals surface area contributed by atoms with Crippen LogP contribution in [0.1, 0.15) is 61.5 Å². The minimum atomic E-state index is -0.575. The topological polar surface area (TPSA) is 99.5 Å². The number of hydrogen-bond acceptors (Lipinski definition) is 8. The molecule has 1 saturated carbocycles. The number of carbonyl (C=O) groups is 2. The van der Waals surface area contributed by atoms with Gasteiger partial charge < -0.3 is 19.7 Å². The van der Waals surface area contributed by atoms with E-state index in [1.807, 2.05) is 0 Å². The van der Waals surface area contributed by atoms with Crippen LogP contribution in [0.2, 0.25) is 0 Å². The first-order valence-electron chi connectivity index (χ1n) is 15.9. The molecule has 2 aromatic carbocycles. The Morgan fingerprint density at radius 2 is 1.02 bits per heavy atom. The van der Waals surface area contributed by atoms with Crippen LogP contribution in [-0.2, 0) is 19.1 Å². The Morgan fingerprint density at radius 1 is 0.619 bits per heavy atom. The molecule has 8 nitrogen and oxygen atoms in total. The summed E-state index contributed by atoms with van der Waals surface area (Å²) in [5, 5.41) is 20.0. The second-order valence-electron chi connectivity index (χ2n) is 13.1. The lowest BCUT2D eigenvalue weighted by Crippen LogP contribution is -2.52. The Kier molecular flexibility index (Phi) is 7.61. The van der Waals surface area contributed by atoms with Crippen molar-refractivity contribution in [1.82, 2.24) is 9.80 Å². The third kappa shape index (κ3) is 5.06. The van der Waals surface area contributed by atoms with Crippen molar-refractivity contribution in [2.24, 2.45) is 23.7 Å². The van der Waals surface area contributed by atoms with Gasteiger partial charge in [-0.15, -0.1) is 0 Å².